The molecule has 7 heteroatoms. The molecule has 1 aromatic heterocycles. The van der Waals surface area contributed by atoms with Gasteiger partial charge in [-0.05, 0) is 12.5 Å². The molecule has 0 radical (unpaired) electrons. The van der Waals surface area contributed by atoms with Crippen molar-refractivity contribution in [2.75, 3.05) is 0 Å². The van der Waals surface area contributed by atoms with Crippen molar-refractivity contribution in [3.8, 4) is 16.9 Å². The number of carbonyl (C=O) groups is 1. The van der Waals surface area contributed by atoms with Gasteiger partial charge in [0.15, 0.2) is 5.75 Å². The molecule has 2 aromatic rings. The van der Waals surface area contributed by atoms with E-state index < -0.39 is 18.0 Å². The fourth-order valence-electron chi connectivity index (χ4n) is 1.98. The number of nitrogens with two attached hydrogens (primary N) is 1. The maximum Gasteiger partial charge on any atom is 0.573 e. The van der Waals surface area contributed by atoms with E-state index in [9.17, 15) is 18.0 Å². The van der Waals surface area contributed by atoms with Crippen LogP contribution in [0.3, 0.4) is 0 Å². The van der Waals surface area contributed by atoms with Crippen molar-refractivity contribution in [3.05, 3.63) is 47.8 Å². The van der Waals surface area contributed by atoms with E-state index in [0.29, 0.717) is 5.56 Å². The highest BCUT2D eigenvalue weighted by Crippen LogP contribution is 2.36. The number of rotatable bonds is 3. The van der Waals surface area contributed by atoms with E-state index in [1.165, 1.54) is 6.92 Å². The number of hydrogen-bond acceptors (Lipinski definition) is 3. The number of halogens is 3. The minimum absolute atomic E-state index is 0.0204. The van der Waals surface area contributed by atoms with E-state index in [1.807, 2.05) is 0 Å². The second-order valence-electron chi connectivity index (χ2n) is 4.24. The average Bonchev–Trinajstić information content (AvgIpc) is 2.39. The van der Waals surface area contributed by atoms with Crippen molar-refractivity contribution in [1.82, 2.24) is 4.98 Å². The molecule has 1 heterocycles. The minimum atomic E-state index is -4.89. The molecular weight excluding hydrogens is 285 g/mol. The summed E-state index contributed by atoms with van der Waals surface area (Å²) in [5.41, 5.74) is 5.77. The zero-order valence-corrected chi connectivity index (χ0v) is 10.9. The van der Waals surface area contributed by atoms with Gasteiger partial charge in [0.25, 0.3) is 5.91 Å². The van der Waals surface area contributed by atoms with Gasteiger partial charge in [0.1, 0.15) is 0 Å². The lowest BCUT2D eigenvalue weighted by Crippen LogP contribution is -2.21. The first-order valence-electron chi connectivity index (χ1n) is 5.90. The van der Waals surface area contributed by atoms with Crippen molar-refractivity contribution in [3.63, 3.8) is 0 Å². The van der Waals surface area contributed by atoms with E-state index in [2.05, 4.69) is 9.72 Å². The smallest absolute Gasteiger partial charge is 0.403 e. The van der Waals surface area contributed by atoms with Crippen LogP contribution in [0.25, 0.3) is 11.1 Å². The van der Waals surface area contributed by atoms with Gasteiger partial charge in [0.05, 0.1) is 17.5 Å². The van der Waals surface area contributed by atoms with Gasteiger partial charge in [-0.3, -0.25) is 9.78 Å². The molecule has 0 aliphatic rings. The number of amides is 1. The molecule has 0 aliphatic heterocycles. The molecule has 0 saturated carbocycles. The zero-order valence-electron chi connectivity index (χ0n) is 10.9. The molecule has 0 aliphatic carbocycles. The van der Waals surface area contributed by atoms with Crippen molar-refractivity contribution in [2.45, 2.75) is 13.3 Å². The van der Waals surface area contributed by atoms with Crippen LogP contribution in [0.1, 0.15) is 16.1 Å². The Morgan fingerprint density at radius 3 is 2.38 bits per heavy atom. The molecule has 4 nitrogen and oxygen atoms in total. The summed E-state index contributed by atoms with van der Waals surface area (Å²) in [5.74, 6) is -1.43. The quantitative estimate of drug-likeness (QED) is 0.946. The third-order valence-electron chi connectivity index (χ3n) is 2.77. The normalized spacial score (nSPS) is 11.2. The van der Waals surface area contributed by atoms with Crippen LogP contribution in [0.2, 0.25) is 0 Å². The Balaban J connectivity index is 2.72. The Kier molecular flexibility index (Phi) is 3.84. The molecule has 0 atom stereocenters. The Bertz CT molecular complexity index is 670. The second kappa shape index (κ2) is 5.43. The van der Waals surface area contributed by atoms with Crippen molar-refractivity contribution < 1.29 is 22.7 Å². The summed E-state index contributed by atoms with van der Waals surface area (Å²) >= 11 is 0. The maximum absolute atomic E-state index is 12.5. The van der Waals surface area contributed by atoms with E-state index in [4.69, 9.17) is 5.73 Å². The predicted molar refractivity (Wildman–Crippen MR) is 69.6 cm³/mol. The molecule has 1 amide bonds. The maximum atomic E-state index is 12.5. The molecule has 0 bridgehead atoms. The molecule has 21 heavy (non-hydrogen) atoms. The van der Waals surface area contributed by atoms with E-state index in [-0.39, 0.29) is 16.8 Å². The topological polar surface area (TPSA) is 65.2 Å². The summed E-state index contributed by atoms with van der Waals surface area (Å²) < 4.78 is 41.5. The van der Waals surface area contributed by atoms with E-state index in [0.717, 1.165) is 6.20 Å². The average molecular weight is 296 g/mol. The van der Waals surface area contributed by atoms with Crippen LogP contribution in [-0.4, -0.2) is 17.3 Å². The Hall–Kier alpha value is -2.57. The Labute approximate surface area is 118 Å². The summed E-state index contributed by atoms with van der Waals surface area (Å²) in [5, 5.41) is 0. The van der Waals surface area contributed by atoms with Crippen LogP contribution >= 0.6 is 0 Å². The standard InChI is InChI=1S/C14H11F3N2O2/c1-8-11(13(18)20)12(9-5-3-2-4-6-9)10(7-19-8)21-14(15,16)17/h2-7H,1H3,(H2,18,20). The minimum Gasteiger partial charge on any atom is -0.403 e. The highest BCUT2D eigenvalue weighted by Gasteiger charge is 2.33. The fraction of sp³-hybridized carbons (Fsp3) is 0.143. The van der Waals surface area contributed by atoms with Crippen LogP contribution in [-0.2, 0) is 0 Å². The number of aryl methyl sites for hydroxylation is 1. The van der Waals surface area contributed by atoms with Gasteiger partial charge >= 0.3 is 6.36 Å². The van der Waals surface area contributed by atoms with Crippen molar-refractivity contribution in [1.29, 1.82) is 0 Å². The molecule has 110 valence electrons. The lowest BCUT2D eigenvalue weighted by atomic mass is 9.98. The first-order chi connectivity index (χ1) is 9.79. The van der Waals surface area contributed by atoms with Gasteiger partial charge < -0.3 is 10.5 Å². The number of nitrogens with zero attached hydrogens (tertiary/aromatic N) is 1. The predicted octanol–water partition coefficient (Wildman–Crippen LogP) is 3.05. The SMILES string of the molecule is Cc1ncc(OC(F)(F)F)c(-c2ccccc2)c1C(N)=O. The zero-order chi connectivity index (χ0) is 15.6. The Morgan fingerprint density at radius 1 is 1.24 bits per heavy atom. The van der Waals surface area contributed by atoms with Gasteiger partial charge in [0, 0.05) is 5.56 Å². The number of pyridine rings is 1. The van der Waals surface area contributed by atoms with Gasteiger partial charge in [-0.25, -0.2) is 0 Å². The molecule has 1 aromatic carbocycles. The molecule has 0 unspecified atom stereocenters. The van der Waals surface area contributed by atoms with E-state index in [1.54, 1.807) is 30.3 Å². The summed E-state index contributed by atoms with van der Waals surface area (Å²) in [6.45, 7) is 1.49. The second-order valence-corrected chi connectivity index (χ2v) is 4.24. The summed E-state index contributed by atoms with van der Waals surface area (Å²) in [6, 6.07) is 8.08. The number of primary amides is 1. The number of ether oxygens (including phenoxy) is 1. The molecule has 0 spiro atoms. The number of benzene rings is 1. The lowest BCUT2D eigenvalue weighted by Gasteiger charge is -2.16. The van der Waals surface area contributed by atoms with E-state index >= 15 is 0 Å². The fourth-order valence-corrected chi connectivity index (χ4v) is 1.98. The molecular formula is C14H11F3N2O2. The van der Waals surface area contributed by atoms with Crippen molar-refractivity contribution in [2.24, 2.45) is 5.73 Å². The van der Waals surface area contributed by atoms with Crippen LogP contribution in [0, 0.1) is 6.92 Å². The number of hydrogen-bond donors (Lipinski definition) is 1. The molecule has 0 saturated heterocycles. The van der Waals surface area contributed by atoms with Gasteiger partial charge in [-0.2, -0.15) is 0 Å². The van der Waals surface area contributed by atoms with Crippen molar-refractivity contribution >= 4 is 5.91 Å². The Morgan fingerprint density at radius 2 is 1.86 bits per heavy atom. The van der Waals surface area contributed by atoms with Gasteiger partial charge in [-0.1, -0.05) is 30.3 Å². The number of aromatic nitrogens is 1. The highest BCUT2D eigenvalue weighted by molar-refractivity contribution is 6.02. The molecule has 0 fully saturated rings. The van der Waals surface area contributed by atoms with Crippen LogP contribution in [0.5, 0.6) is 5.75 Å². The lowest BCUT2D eigenvalue weighted by molar-refractivity contribution is -0.274. The third-order valence-corrected chi connectivity index (χ3v) is 2.77. The van der Waals surface area contributed by atoms with Crippen LogP contribution in [0.15, 0.2) is 36.5 Å². The molecule has 2 rings (SSSR count). The monoisotopic (exact) mass is 296 g/mol. The van der Waals surface area contributed by atoms with Gasteiger partial charge in [-0.15, -0.1) is 13.2 Å². The van der Waals surface area contributed by atoms with Gasteiger partial charge in [0.2, 0.25) is 0 Å². The molecule has 2 N–H and O–H groups in total. The summed E-state index contributed by atoms with van der Waals surface area (Å²) in [4.78, 5) is 15.3. The summed E-state index contributed by atoms with van der Waals surface area (Å²) in [7, 11) is 0. The van der Waals surface area contributed by atoms with Crippen LogP contribution < -0.4 is 10.5 Å². The first kappa shape index (κ1) is 14.8. The first-order valence-corrected chi connectivity index (χ1v) is 5.90. The number of alkyl halides is 3. The largest absolute Gasteiger partial charge is 0.573 e. The highest BCUT2D eigenvalue weighted by atomic mass is 19.4. The van der Waals surface area contributed by atoms with Crippen LogP contribution in [0.4, 0.5) is 13.2 Å². The third kappa shape index (κ3) is 3.31. The number of carbonyl (C=O) groups excluding carboxylic acids is 1. The summed E-state index contributed by atoms with van der Waals surface area (Å²) in [6.07, 6.45) is -3.97.